The molecular formula is C29H39ClFNO5. The number of ether oxygens (including phenoxy) is 3. The van der Waals surface area contributed by atoms with E-state index in [2.05, 4.69) is 4.90 Å². The summed E-state index contributed by atoms with van der Waals surface area (Å²) < 4.78 is 30.7. The average molecular weight is 536 g/mol. The predicted octanol–water partition coefficient (Wildman–Crippen LogP) is 5.52. The lowest BCUT2D eigenvalue weighted by Crippen LogP contribution is -2.39. The highest BCUT2D eigenvalue weighted by atomic mass is 35.5. The van der Waals surface area contributed by atoms with Crippen molar-refractivity contribution in [1.29, 1.82) is 0 Å². The molecule has 1 aliphatic rings. The van der Waals surface area contributed by atoms with E-state index < -0.39 is 11.9 Å². The van der Waals surface area contributed by atoms with Gasteiger partial charge in [0.25, 0.3) is 0 Å². The number of hydrogen-bond acceptors (Lipinski definition) is 6. The maximum Gasteiger partial charge on any atom is 0.306 e. The van der Waals surface area contributed by atoms with Crippen LogP contribution in [0.5, 0.6) is 5.75 Å². The first kappa shape index (κ1) is 29.4. The molecule has 0 aromatic heterocycles. The fourth-order valence-corrected chi connectivity index (χ4v) is 5.20. The molecule has 1 saturated heterocycles. The van der Waals surface area contributed by atoms with Crippen LogP contribution in [0.1, 0.15) is 62.3 Å². The topological polar surface area (TPSA) is 68.2 Å². The van der Waals surface area contributed by atoms with Gasteiger partial charge in [-0.15, -0.1) is 0 Å². The van der Waals surface area contributed by atoms with E-state index >= 15 is 0 Å². The third-order valence-electron chi connectivity index (χ3n) is 6.88. The van der Waals surface area contributed by atoms with E-state index in [0.717, 1.165) is 36.1 Å². The molecule has 8 heteroatoms. The van der Waals surface area contributed by atoms with Crippen LogP contribution in [0.15, 0.2) is 36.4 Å². The third kappa shape index (κ3) is 8.40. The largest absolute Gasteiger partial charge is 0.496 e. The molecule has 2 aromatic carbocycles. The second-order valence-electron chi connectivity index (χ2n) is 9.46. The van der Waals surface area contributed by atoms with Crippen LogP contribution in [-0.2, 0) is 27.1 Å². The fraction of sp³-hybridized carbons (Fsp3) is 0.552. The summed E-state index contributed by atoms with van der Waals surface area (Å²) in [7, 11) is 1.61. The van der Waals surface area contributed by atoms with Crippen LogP contribution >= 0.6 is 11.6 Å². The molecule has 204 valence electrons. The molecule has 0 radical (unpaired) electrons. The van der Waals surface area contributed by atoms with Crippen LogP contribution in [0, 0.1) is 5.82 Å². The van der Waals surface area contributed by atoms with Crippen molar-refractivity contribution in [1.82, 2.24) is 4.90 Å². The van der Waals surface area contributed by atoms with Gasteiger partial charge in [-0.3, -0.25) is 9.69 Å². The monoisotopic (exact) mass is 535 g/mol. The van der Waals surface area contributed by atoms with Gasteiger partial charge in [0.2, 0.25) is 0 Å². The molecule has 0 spiro atoms. The van der Waals surface area contributed by atoms with Crippen molar-refractivity contribution in [2.45, 2.75) is 70.6 Å². The van der Waals surface area contributed by atoms with Gasteiger partial charge in [0.05, 0.1) is 37.6 Å². The number of benzene rings is 2. The van der Waals surface area contributed by atoms with Crippen LogP contribution in [0.25, 0.3) is 0 Å². The summed E-state index contributed by atoms with van der Waals surface area (Å²) in [6.07, 6.45) is 3.31. The van der Waals surface area contributed by atoms with Crippen LogP contribution in [0.2, 0.25) is 5.02 Å². The van der Waals surface area contributed by atoms with E-state index in [-0.39, 0.29) is 36.2 Å². The Morgan fingerprint density at radius 1 is 1.27 bits per heavy atom. The highest BCUT2D eigenvalue weighted by Gasteiger charge is 2.27. The number of rotatable bonds is 14. The third-order valence-corrected chi connectivity index (χ3v) is 7.19. The number of β-amino-alcohol motifs (C(OH)–C–C–N with tert-alkyl or cyclic N) is 1. The summed E-state index contributed by atoms with van der Waals surface area (Å²) >= 11 is 5.82. The zero-order valence-electron chi connectivity index (χ0n) is 22.1. The van der Waals surface area contributed by atoms with Crippen LogP contribution in [0.3, 0.4) is 0 Å². The van der Waals surface area contributed by atoms with Gasteiger partial charge in [-0.25, -0.2) is 4.39 Å². The molecule has 0 amide bonds. The van der Waals surface area contributed by atoms with Crippen LogP contribution in [0.4, 0.5) is 4.39 Å². The van der Waals surface area contributed by atoms with E-state index in [1.807, 2.05) is 31.2 Å². The van der Waals surface area contributed by atoms with Gasteiger partial charge in [0, 0.05) is 24.6 Å². The van der Waals surface area contributed by atoms with E-state index in [1.54, 1.807) is 20.1 Å². The van der Waals surface area contributed by atoms with Crippen LogP contribution in [-0.4, -0.2) is 61.5 Å². The fourth-order valence-electron chi connectivity index (χ4n) is 5.09. The Morgan fingerprint density at radius 2 is 2.08 bits per heavy atom. The van der Waals surface area contributed by atoms with Gasteiger partial charge in [-0.1, -0.05) is 36.7 Å². The average Bonchev–Trinajstić information content (AvgIpc) is 3.31. The Kier molecular flexibility index (Phi) is 11.6. The van der Waals surface area contributed by atoms with E-state index in [1.165, 1.54) is 6.07 Å². The minimum absolute atomic E-state index is 0.130. The number of hydrogen-bond donors (Lipinski definition) is 1. The van der Waals surface area contributed by atoms with Gasteiger partial charge in [-0.05, 0) is 74.9 Å². The molecule has 3 atom stereocenters. The van der Waals surface area contributed by atoms with Gasteiger partial charge >= 0.3 is 5.97 Å². The maximum absolute atomic E-state index is 13.9. The predicted molar refractivity (Wildman–Crippen MR) is 143 cm³/mol. The number of likely N-dealkylation sites (tertiary alicyclic amines) is 1. The molecule has 0 aliphatic carbocycles. The quantitative estimate of drug-likeness (QED) is 0.321. The smallest absolute Gasteiger partial charge is 0.306 e. The Labute approximate surface area is 224 Å². The lowest BCUT2D eigenvalue weighted by atomic mass is 9.96. The van der Waals surface area contributed by atoms with E-state index in [4.69, 9.17) is 25.8 Å². The number of carbonyl (C=O) groups is 1. The number of carbonyl (C=O) groups excluding carboxylic acids is 1. The summed E-state index contributed by atoms with van der Waals surface area (Å²) in [4.78, 5) is 14.2. The Hall–Kier alpha value is -2.19. The molecule has 1 heterocycles. The first-order valence-corrected chi connectivity index (χ1v) is 13.5. The summed E-state index contributed by atoms with van der Waals surface area (Å²) in [5.41, 5.74) is 2.79. The molecule has 0 bridgehead atoms. The van der Waals surface area contributed by atoms with Crippen molar-refractivity contribution < 1.29 is 28.5 Å². The molecule has 1 N–H and O–H groups in total. The normalized spacial score (nSPS) is 17.5. The first-order valence-electron chi connectivity index (χ1n) is 13.1. The van der Waals surface area contributed by atoms with Gasteiger partial charge in [0.1, 0.15) is 11.6 Å². The van der Waals surface area contributed by atoms with Gasteiger partial charge in [-0.2, -0.15) is 0 Å². The number of halogens is 2. The SMILES string of the molecule is CCOC(=O)CCc1c(OC)cccc1[C@@H](CC)OC[C@H](O)CN1CCC[C@H]1Cc1ccc(Cl)c(F)c1. The Bertz CT molecular complexity index is 1020. The molecular weight excluding hydrogens is 497 g/mol. The number of aliphatic hydroxyl groups is 1. The minimum Gasteiger partial charge on any atom is -0.496 e. The molecule has 2 aromatic rings. The van der Waals surface area contributed by atoms with Gasteiger partial charge < -0.3 is 19.3 Å². The second kappa shape index (κ2) is 14.7. The van der Waals surface area contributed by atoms with Crippen molar-refractivity contribution in [2.75, 3.05) is 33.4 Å². The van der Waals surface area contributed by atoms with Crippen molar-refractivity contribution in [3.63, 3.8) is 0 Å². The standard InChI is InChI=1S/C29H39ClFNO5/c1-4-27(23-9-6-10-28(35-3)24(23)12-14-29(34)36-5-2)37-19-22(33)18-32-15-7-8-21(32)16-20-11-13-25(30)26(31)17-20/h6,9-11,13,17,21-22,27,33H,4-5,7-8,12,14-16,18-19H2,1-3H3/t21-,22+,27+/m0/s1. The summed E-state index contributed by atoms with van der Waals surface area (Å²) in [5, 5.41) is 11.0. The lowest BCUT2D eigenvalue weighted by molar-refractivity contribution is -0.143. The molecule has 0 unspecified atom stereocenters. The van der Waals surface area contributed by atoms with Crippen molar-refractivity contribution in [3.05, 3.63) is 63.9 Å². The van der Waals surface area contributed by atoms with E-state index in [0.29, 0.717) is 38.2 Å². The highest BCUT2D eigenvalue weighted by Crippen LogP contribution is 2.32. The van der Waals surface area contributed by atoms with Crippen molar-refractivity contribution in [2.24, 2.45) is 0 Å². The van der Waals surface area contributed by atoms with E-state index in [9.17, 15) is 14.3 Å². The highest BCUT2D eigenvalue weighted by molar-refractivity contribution is 6.30. The Balaban J connectivity index is 1.60. The number of esters is 1. The Morgan fingerprint density at radius 3 is 2.78 bits per heavy atom. The lowest BCUT2D eigenvalue weighted by Gasteiger charge is -2.28. The van der Waals surface area contributed by atoms with Crippen LogP contribution < -0.4 is 4.74 Å². The summed E-state index contributed by atoms with van der Waals surface area (Å²) in [6.45, 7) is 5.75. The number of nitrogens with zero attached hydrogens (tertiary/aromatic N) is 1. The first-order chi connectivity index (χ1) is 17.9. The minimum atomic E-state index is -0.662. The van der Waals surface area contributed by atoms with Crippen molar-refractivity contribution in [3.8, 4) is 5.75 Å². The molecule has 1 aliphatic heterocycles. The maximum atomic E-state index is 13.9. The molecule has 6 nitrogen and oxygen atoms in total. The summed E-state index contributed by atoms with van der Waals surface area (Å²) in [6, 6.07) is 11.0. The van der Waals surface area contributed by atoms with Gasteiger partial charge in [0.15, 0.2) is 0 Å². The second-order valence-corrected chi connectivity index (χ2v) is 9.87. The number of aliphatic hydroxyl groups excluding tert-OH is 1. The molecule has 0 saturated carbocycles. The molecule has 3 rings (SSSR count). The molecule has 37 heavy (non-hydrogen) atoms. The number of methoxy groups -OCH3 is 1. The molecule has 1 fully saturated rings. The van der Waals surface area contributed by atoms with Crippen molar-refractivity contribution >= 4 is 17.6 Å². The summed E-state index contributed by atoms with van der Waals surface area (Å²) in [5.74, 6) is 0.0649. The zero-order valence-corrected chi connectivity index (χ0v) is 22.8. The zero-order chi connectivity index (χ0) is 26.8.